The maximum atomic E-state index is 13.5. The van der Waals surface area contributed by atoms with Gasteiger partial charge in [-0.1, -0.05) is 59.1 Å². The topological polar surface area (TPSA) is 76.3 Å². The van der Waals surface area contributed by atoms with Crippen LogP contribution in [-0.4, -0.2) is 16.1 Å². The minimum Gasteiger partial charge on any atom is -0.450 e. The van der Waals surface area contributed by atoms with E-state index in [2.05, 4.69) is 10.2 Å². The number of carbonyl (C=O) groups excluding carboxylic acids is 1. The summed E-state index contributed by atoms with van der Waals surface area (Å²) >= 11 is 19.7. The molecule has 10 heteroatoms. The van der Waals surface area contributed by atoms with Crippen molar-refractivity contribution >= 4 is 68.1 Å². The zero-order valence-electron chi connectivity index (χ0n) is 15.9. The van der Waals surface area contributed by atoms with Crippen molar-refractivity contribution in [2.24, 2.45) is 0 Å². The van der Waals surface area contributed by atoms with E-state index in [1.54, 1.807) is 30.3 Å². The molecule has 0 fully saturated rings. The van der Waals surface area contributed by atoms with Crippen molar-refractivity contribution in [3.63, 3.8) is 0 Å². The van der Waals surface area contributed by atoms with Gasteiger partial charge in [0.2, 0.25) is 10.9 Å². The summed E-state index contributed by atoms with van der Waals surface area (Å²) in [6, 6.07) is 8.88. The van der Waals surface area contributed by atoms with Gasteiger partial charge in [-0.3, -0.25) is 14.5 Å². The zero-order chi connectivity index (χ0) is 21.9. The van der Waals surface area contributed by atoms with E-state index in [4.69, 9.17) is 39.2 Å². The first kappa shape index (κ1) is 20.5. The number of fused-ring (bicyclic) bond motifs is 2. The van der Waals surface area contributed by atoms with Gasteiger partial charge >= 0.3 is 0 Å². The van der Waals surface area contributed by atoms with Gasteiger partial charge in [0.05, 0.1) is 27.0 Å². The molecule has 156 valence electrons. The summed E-state index contributed by atoms with van der Waals surface area (Å²) in [5.74, 6) is -0.511. The average molecular weight is 493 g/mol. The van der Waals surface area contributed by atoms with Crippen LogP contribution in [0.15, 0.2) is 45.6 Å². The Morgan fingerprint density at radius 1 is 1.06 bits per heavy atom. The number of carbonyl (C=O) groups is 1. The number of anilines is 1. The van der Waals surface area contributed by atoms with Crippen molar-refractivity contribution in [2.45, 2.75) is 19.4 Å². The number of nitrogens with zero attached hydrogens (tertiary/aromatic N) is 3. The number of aromatic nitrogens is 2. The molecule has 0 spiro atoms. The third-order valence-corrected chi connectivity index (χ3v) is 7.10. The first-order valence-electron chi connectivity index (χ1n) is 9.26. The molecule has 6 nitrogen and oxygen atoms in total. The van der Waals surface area contributed by atoms with Gasteiger partial charge in [0.1, 0.15) is 10.6 Å². The summed E-state index contributed by atoms with van der Waals surface area (Å²) in [6.07, 6.45) is 0.670. The van der Waals surface area contributed by atoms with Crippen LogP contribution < -0.4 is 10.3 Å². The Kier molecular flexibility index (Phi) is 5.01. The second-order valence-corrected chi connectivity index (χ2v) is 9.19. The Balaban J connectivity index is 1.81. The van der Waals surface area contributed by atoms with Crippen LogP contribution in [0.1, 0.15) is 39.7 Å². The Labute approximate surface area is 195 Å². The van der Waals surface area contributed by atoms with E-state index in [0.29, 0.717) is 32.2 Å². The lowest BCUT2D eigenvalue weighted by Crippen LogP contribution is -2.29. The van der Waals surface area contributed by atoms with Crippen LogP contribution in [0.3, 0.4) is 0 Å². The van der Waals surface area contributed by atoms with E-state index in [9.17, 15) is 9.59 Å². The van der Waals surface area contributed by atoms with Crippen LogP contribution in [0.4, 0.5) is 5.13 Å². The minimum atomic E-state index is -0.797. The van der Waals surface area contributed by atoms with Crippen LogP contribution >= 0.6 is 46.1 Å². The highest BCUT2D eigenvalue weighted by molar-refractivity contribution is 7.15. The normalized spacial score (nSPS) is 15.7. The zero-order valence-corrected chi connectivity index (χ0v) is 18.9. The quantitative estimate of drug-likeness (QED) is 0.355. The molecule has 0 N–H and O–H groups in total. The van der Waals surface area contributed by atoms with Gasteiger partial charge in [0.25, 0.3) is 5.91 Å². The highest BCUT2D eigenvalue weighted by Gasteiger charge is 2.45. The molecule has 0 radical (unpaired) electrons. The molecule has 1 aliphatic rings. The first-order chi connectivity index (χ1) is 14.9. The van der Waals surface area contributed by atoms with Gasteiger partial charge in [-0.25, -0.2) is 0 Å². The fourth-order valence-corrected chi connectivity index (χ4v) is 4.91. The van der Waals surface area contributed by atoms with Crippen LogP contribution in [-0.2, 0) is 6.42 Å². The molecule has 0 aliphatic carbocycles. The van der Waals surface area contributed by atoms with Crippen LogP contribution in [0, 0.1) is 0 Å². The number of aryl methyl sites for hydroxylation is 1. The maximum Gasteiger partial charge on any atom is 0.297 e. The van der Waals surface area contributed by atoms with Crippen molar-refractivity contribution in [2.75, 3.05) is 4.90 Å². The first-order valence-corrected chi connectivity index (χ1v) is 11.2. The molecule has 31 heavy (non-hydrogen) atoms. The second-order valence-electron chi connectivity index (χ2n) is 6.90. The molecule has 0 unspecified atom stereocenters. The predicted octanol–water partition coefficient (Wildman–Crippen LogP) is 5.92. The Morgan fingerprint density at radius 2 is 1.87 bits per heavy atom. The standard InChI is InChI=1S/C21H12Cl3N3O3S/c1-2-15-25-26-21(31-15)27-17(9-3-5-12(23)13(24)7-9)16-18(28)11-8-10(22)4-6-14(11)30-19(16)20(27)29/h3-8,17H,2H2,1H3/t17-/m1/s1. The van der Waals surface area contributed by atoms with Gasteiger partial charge in [0.15, 0.2) is 5.43 Å². The van der Waals surface area contributed by atoms with Gasteiger partial charge in [-0.05, 0) is 42.3 Å². The van der Waals surface area contributed by atoms with Crippen molar-refractivity contribution < 1.29 is 9.21 Å². The lowest BCUT2D eigenvalue weighted by Gasteiger charge is -2.22. The highest BCUT2D eigenvalue weighted by atomic mass is 35.5. The summed E-state index contributed by atoms with van der Waals surface area (Å²) in [5, 5.41) is 10.8. The van der Waals surface area contributed by atoms with Crippen molar-refractivity contribution in [3.8, 4) is 0 Å². The lowest BCUT2D eigenvalue weighted by atomic mass is 9.99. The molecule has 3 heterocycles. The average Bonchev–Trinajstić information content (AvgIpc) is 3.33. The third-order valence-electron chi connectivity index (χ3n) is 5.06. The van der Waals surface area contributed by atoms with Gasteiger partial charge in [0, 0.05) is 5.02 Å². The Bertz CT molecular complexity index is 1430. The molecule has 1 aliphatic heterocycles. The Hall–Kier alpha value is -2.45. The number of amides is 1. The van der Waals surface area contributed by atoms with Crippen molar-refractivity contribution in [1.29, 1.82) is 0 Å². The van der Waals surface area contributed by atoms with Gasteiger partial charge < -0.3 is 4.42 Å². The van der Waals surface area contributed by atoms with E-state index in [1.807, 2.05) is 6.92 Å². The van der Waals surface area contributed by atoms with Crippen LogP contribution in [0.25, 0.3) is 11.0 Å². The van der Waals surface area contributed by atoms with E-state index in [0.717, 1.165) is 5.01 Å². The minimum absolute atomic E-state index is 0.0378. The summed E-state index contributed by atoms with van der Waals surface area (Å²) in [6.45, 7) is 1.95. The van der Waals surface area contributed by atoms with Gasteiger partial charge in [-0.15, -0.1) is 10.2 Å². The SMILES string of the molecule is CCc1nnc(N2C(=O)c3oc4ccc(Cl)cc4c(=O)c3[C@H]2c2ccc(Cl)c(Cl)c2)s1. The summed E-state index contributed by atoms with van der Waals surface area (Å²) in [4.78, 5) is 28.4. The predicted molar refractivity (Wildman–Crippen MR) is 122 cm³/mol. The molecule has 0 saturated heterocycles. The van der Waals surface area contributed by atoms with Crippen LogP contribution in [0.2, 0.25) is 15.1 Å². The molecule has 1 amide bonds. The number of benzene rings is 2. The molecule has 0 bridgehead atoms. The molecule has 4 aromatic rings. The summed E-state index contributed by atoms with van der Waals surface area (Å²) in [5.41, 5.74) is 0.739. The number of halogens is 3. The number of hydrogen-bond donors (Lipinski definition) is 0. The van der Waals surface area contributed by atoms with E-state index in [-0.39, 0.29) is 27.7 Å². The smallest absolute Gasteiger partial charge is 0.297 e. The van der Waals surface area contributed by atoms with Gasteiger partial charge in [-0.2, -0.15) is 0 Å². The fourth-order valence-electron chi connectivity index (χ4n) is 3.63. The van der Waals surface area contributed by atoms with E-state index >= 15 is 0 Å². The molecule has 0 saturated carbocycles. The monoisotopic (exact) mass is 491 g/mol. The maximum absolute atomic E-state index is 13.5. The number of rotatable bonds is 3. The van der Waals surface area contributed by atoms with E-state index < -0.39 is 11.9 Å². The van der Waals surface area contributed by atoms with Crippen molar-refractivity contribution in [3.05, 3.63) is 83.6 Å². The largest absolute Gasteiger partial charge is 0.450 e. The molecule has 5 rings (SSSR count). The summed E-state index contributed by atoms with van der Waals surface area (Å²) < 4.78 is 5.89. The molecule has 2 aromatic heterocycles. The second kappa shape index (κ2) is 7.60. The molecular weight excluding hydrogens is 481 g/mol. The third kappa shape index (κ3) is 3.24. The van der Waals surface area contributed by atoms with Crippen molar-refractivity contribution in [1.82, 2.24) is 10.2 Å². The number of hydrogen-bond acceptors (Lipinski definition) is 6. The fraction of sp³-hybridized carbons (Fsp3) is 0.143. The molecule has 1 atom stereocenters. The molecule has 2 aromatic carbocycles. The lowest BCUT2D eigenvalue weighted by molar-refractivity contribution is 0.0970. The highest BCUT2D eigenvalue weighted by Crippen LogP contribution is 2.43. The van der Waals surface area contributed by atoms with E-state index in [1.165, 1.54) is 22.3 Å². The summed E-state index contributed by atoms with van der Waals surface area (Å²) in [7, 11) is 0. The van der Waals surface area contributed by atoms with Crippen LogP contribution in [0.5, 0.6) is 0 Å². The molecular formula is C21H12Cl3N3O3S. The Morgan fingerprint density at radius 3 is 2.58 bits per heavy atom.